The standard InChI is InChI=1S/C13H12Br2F3N3/c1-2-21-12(10(15)6-20-21)11(19)8-5-7(13(16,17)18)3-4-9(8)14/h3-6,11H,2,19H2,1H3. The largest absolute Gasteiger partial charge is 0.416 e. The predicted molar refractivity (Wildman–Crippen MR) is 80.8 cm³/mol. The Morgan fingerprint density at radius 2 is 1.95 bits per heavy atom. The molecule has 0 bridgehead atoms. The number of benzene rings is 1. The molecule has 1 aromatic carbocycles. The Labute approximate surface area is 136 Å². The Bertz CT molecular complexity index is 653. The predicted octanol–water partition coefficient (Wildman–Crippen LogP) is 4.49. The summed E-state index contributed by atoms with van der Waals surface area (Å²) in [4.78, 5) is 0. The lowest BCUT2D eigenvalue weighted by atomic mass is 10.0. The van der Waals surface area contributed by atoms with Gasteiger partial charge in [-0.25, -0.2) is 0 Å². The Morgan fingerprint density at radius 3 is 2.52 bits per heavy atom. The average Bonchev–Trinajstić information content (AvgIpc) is 2.78. The minimum atomic E-state index is -4.41. The molecule has 0 fully saturated rings. The molecule has 0 radical (unpaired) electrons. The average molecular weight is 427 g/mol. The maximum atomic E-state index is 12.8. The second kappa shape index (κ2) is 6.10. The second-order valence-corrected chi connectivity index (χ2v) is 6.11. The van der Waals surface area contributed by atoms with E-state index in [0.717, 1.165) is 12.1 Å². The molecule has 2 aromatic rings. The van der Waals surface area contributed by atoms with Gasteiger partial charge in [-0.1, -0.05) is 15.9 Å². The molecule has 0 aliphatic rings. The van der Waals surface area contributed by atoms with Gasteiger partial charge in [0.15, 0.2) is 0 Å². The Morgan fingerprint density at radius 1 is 1.29 bits per heavy atom. The van der Waals surface area contributed by atoms with Gasteiger partial charge in [0.2, 0.25) is 0 Å². The van der Waals surface area contributed by atoms with Crippen LogP contribution in [0.25, 0.3) is 0 Å². The molecular weight excluding hydrogens is 415 g/mol. The number of rotatable bonds is 3. The molecule has 0 saturated heterocycles. The molecule has 0 aliphatic heterocycles. The molecule has 0 aliphatic carbocycles. The van der Waals surface area contributed by atoms with E-state index in [1.54, 1.807) is 10.9 Å². The zero-order chi connectivity index (χ0) is 15.8. The zero-order valence-corrected chi connectivity index (χ0v) is 14.1. The lowest BCUT2D eigenvalue weighted by Crippen LogP contribution is -2.19. The minimum Gasteiger partial charge on any atom is -0.319 e. The molecule has 21 heavy (non-hydrogen) atoms. The fourth-order valence-corrected chi connectivity index (χ4v) is 3.07. The molecule has 1 heterocycles. The van der Waals surface area contributed by atoms with Crippen LogP contribution in [-0.4, -0.2) is 9.78 Å². The quantitative estimate of drug-likeness (QED) is 0.785. The van der Waals surface area contributed by atoms with Crippen LogP contribution >= 0.6 is 31.9 Å². The van der Waals surface area contributed by atoms with Gasteiger partial charge in [-0.3, -0.25) is 4.68 Å². The number of alkyl halides is 3. The fourth-order valence-electron chi connectivity index (χ4n) is 2.04. The van der Waals surface area contributed by atoms with Crippen molar-refractivity contribution in [2.75, 3.05) is 0 Å². The van der Waals surface area contributed by atoms with Gasteiger partial charge in [-0.15, -0.1) is 0 Å². The molecule has 0 spiro atoms. The summed E-state index contributed by atoms with van der Waals surface area (Å²) in [6.07, 6.45) is -2.82. The smallest absolute Gasteiger partial charge is 0.319 e. The molecule has 1 unspecified atom stereocenters. The van der Waals surface area contributed by atoms with E-state index in [2.05, 4.69) is 37.0 Å². The number of aromatic nitrogens is 2. The number of hydrogen-bond donors (Lipinski definition) is 1. The molecular formula is C13H12Br2F3N3. The first-order valence-corrected chi connectivity index (χ1v) is 7.67. The summed E-state index contributed by atoms with van der Waals surface area (Å²) in [5.74, 6) is 0. The fraction of sp³-hybridized carbons (Fsp3) is 0.308. The number of hydrogen-bond acceptors (Lipinski definition) is 2. The van der Waals surface area contributed by atoms with Gasteiger partial charge in [0.25, 0.3) is 0 Å². The summed E-state index contributed by atoms with van der Waals surface area (Å²) in [5, 5.41) is 4.13. The summed E-state index contributed by atoms with van der Waals surface area (Å²) in [5.41, 5.74) is 6.43. The lowest BCUT2D eigenvalue weighted by molar-refractivity contribution is -0.137. The lowest BCUT2D eigenvalue weighted by Gasteiger charge is -2.18. The second-order valence-electron chi connectivity index (χ2n) is 4.41. The van der Waals surface area contributed by atoms with Crippen LogP contribution in [0.5, 0.6) is 0 Å². The van der Waals surface area contributed by atoms with Crippen LogP contribution in [0.2, 0.25) is 0 Å². The number of halogens is 5. The molecule has 8 heteroatoms. The topological polar surface area (TPSA) is 43.8 Å². The third kappa shape index (κ3) is 3.32. The Hall–Kier alpha value is -0.860. The summed E-state index contributed by atoms with van der Waals surface area (Å²) in [7, 11) is 0. The van der Waals surface area contributed by atoms with Crippen LogP contribution in [0.4, 0.5) is 13.2 Å². The van der Waals surface area contributed by atoms with E-state index >= 15 is 0 Å². The molecule has 3 nitrogen and oxygen atoms in total. The van der Waals surface area contributed by atoms with E-state index in [4.69, 9.17) is 5.73 Å². The maximum Gasteiger partial charge on any atom is 0.416 e. The van der Waals surface area contributed by atoms with Crippen LogP contribution in [-0.2, 0) is 12.7 Å². The third-order valence-electron chi connectivity index (χ3n) is 3.09. The van der Waals surface area contributed by atoms with Gasteiger partial charge in [0, 0.05) is 11.0 Å². The number of nitrogens with two attached hydrogens (primary N) is 1. The van der Waals surface area contributed by atoms with Gasteiger partial charge in [-0.2, -0.15) is 18.3 Å². The van der Waals surface area contributed by atoms with Crippen molar-refractivity contribution in [3.05, 3.63) is 50.2 Å². The van der Waals surface area contributed by atoms with E-state index < -0.39 is 17.8 Å². The number of aryl methyl sites for hydroxylation is 1. The molecule has 2 rings (SSSR count). The van der Waals surface area contributed by atoms with Crippen LogP contribution in [0.3, 0.4) is 0 Å². The molecule has 1 atom stereocenters. The van der Waals surface area contributed by atoms with Crippen LogP contribution in [0.1, 0.15) is 29.8 Å². The normalized spacial score (nSPS) is 13.5. The molecule has 2 N–H and O–H groups in total. The summed E-state index contributed by atoms with van der Waals surface area (Å²) in [6.45, 7) is 2.46. The van der Waals surface area contributed by atoms with Crippen molar-refractivity contribution >= 4 is 31.9 Å². The Kier molecular flexibility index (Phi) is 4.79. The minimum absolute atomic E-state index is 0.362. The van der Waals surface area contributed by atoms with Crippen molar-refractivity contribution in [2.45, 2.75) is 25.7 Å². The highest BCUT2D eigenvalue weighted by molar-refractivity contribution is 9.10. The summed E-state index contributed by atoms with van der Waals surface area (Å²) in [6, 6.07) is 2.72. The van der Waals surface area contributed by atoms with Crippen LogP contribution in [0, 0.1) is 0 Å². The van der Waals surface area contributed by atoms with Crippen LogP contribution in [0.15, 0.2) is 33.3 Å². The van der Waals surface area contributed by atoms with Crippen molar-refractivity contribution in [1.82, 2.24) is 9.78 Å². The van der Waals surface area contributed by atoms with Crippen molar-refractivity contribution < 1.29 is 13.2 Å². The van der Waals surface area contributed by atoms with Gasteiger partial charge >= 0.3 is 6.18 Å². The van der Waals surface area contributed by atoms with E-state index in [0.29, 0.717) is 26.7 Å². The van der Waals surface area contributed by atoms with Crippen LogP contribution < -0.4 is 5.73 Å². The first-order chi connectivity index (χ1) is 9.75. The molecule has 1 aromatic heterocycles. The monoisotopic (exact) mass is 425 g/mol. The summed E-state index contributed by atoms with van der Waals surface area (Å²) >= 11 is 6.60. The van der Waals surface area contributed by atoms with Gasteiger partial charge in [-0.05, 0) is 46.6 Å². The highest BCUT2D eigenvalue weighted by Gasteiger charge is 2.32. The van der Waals surface area contributed by atoms with Gasteiger partial charge in [0.1, 0.15) is 0 Å². The Balaban J connectivity index is 2.52. The van der Waals surface area contributed by atoms with E-state index in [9.17, 15) is 13.2 Å². The SMILES string of the molecule is CCn1ncc(Br)c1C(N)c1cc(C(F)(F)F)ccc1Br. The van der Waals surface area contributed by atoms with E-state index in [1.165, 1.54) is 6.07 Å². The molecule has 114 valence electrons. The molecule has 0 saturated carbocycles. The van der Waals surface area contributed by atoms with Crippen molar-refractivity contribution in [2.24, 2.45) is 5.73 Å². The summed E-state index contributed by atoms with van der Waals surface area (Å²) < 4.78 is 41.4. The van der Waals surface area contributed by atoms with Gasteiger partial charge < -0.3 is 5.73 Å². The number of nitrogens with zero attached hydrogens (tertiary/aromatic N) is 2. The van der Waals surface area contributed by atoms with E-state index in [-0.39, 0.29) is 0 Å². The maximum absolute atomic E-state index is 12.8. The first kappa shape index (κ1) is 16.5. The zero-order valence-electron chi connectivity index (χ0n) is 11.0. The van der Waals surface area contributed by atoms with Crippen molar-refractivity contribution in [1.29, 1.82) is 0 Å². The first-order valence-electron chi connectivity index (χ1n) is 6.09. The van der Waals surface area contributed by atoms with Gasteiger partial charge in [0.05, 0.1) is 28.0 Å². The third-order valence-corrected chi connectivity index (χ3v) is 4.42. The van der Waals surface area contributed by atoms with Crippen molar-refractivity contribution in [3.63, 3.8) is 0 Å². The molecule has 0 amide bonds. The van der Waals surface area contributed by atoms with E-state index in [1.807, 2.05) is 6.92 Å². The van der Waals surface area contributed by atoms with Crippen molar-refractivity contribution in [3.8, 4) is 0 Å². The highest BCUT2D eigenvalue weighted by Crippen LogP contribution is 2.36. The highest BCUT2D eigenvalue weighted by atomic mass is 79.9.